The number of aliphatic hydroxyl groups is 1. The van der Waals surface area contributed by atoms with Crippen molar-refractivity contribution < 1.29 is 10.2 Å². The maximum absolute atomic E-state index is 9.14. The van der Waals surface area contributed by atoms with E-state index in [1.165, 1.54) is 0 Å². The van der Waals surface area contributed by atoms with Crippen LogP contribution in [0.2, 0.25) is 0 Å². The van der Waals surface area contributed by atoms with Crippen molar-refractivity contribution in [1.29, 1.82) is 0 Å². The van der Waals surface area contributed by atoms with Crippen LogP contribution < -0.4 is 4.90 Å². The molecule has 1 rings (SSSR count). The first-order valence-electron chi connectivity index (χ1n) is 3.92. The van der Waals surface area contributed by atoms with Crippen molar-refractivity contribution in [2.45, 2.75) is 6.92 Å². The zero-order valence-electron chi connectivity index (χ0n) is 7.07. The third-order valence-corrected chi connectivity index (χ3v) is 1.75. The summed E-state index contributed by atoms with van der Waals surface area (Å²) in [5.41, 5.74) is 0.833. The fraction of sp³-hybridized carbons (Fsp3) is 0.333. The van der Waals surface area contributed by atoms with Crippen LogP contribution in [0, 0.1) is 0 Å². The molecule has 0 heterocycles. The van der Waals surface area contributed by atoms with Crippen LogP contribution in [0.25, 0.3) is 0 Å². The molecule has 0 aliphatic carbocycles. The van der Waals surface area contributed by atoms with E-state index >= 15 is 0 Å². The molecular formula is C9H13NO2. The van der Waals surface area contributed by atoms with Crippen LogP contribution >= 0.6 is 0 Å². The summed E-state index contributed by atoms with van der Waals surface area (Å²) in [6.07, 6.45) is 0. The second-order valence-electron chi connectivity index (χ2n) is 2.52. The van der Waals surface area contributed by atoms with E-state index in [1.807, 2.05) is 13.0 Å². The molecule has 0 bridgehead atoms. The fourth-order valence-electron chi connectivity index (χ4n) is 1.05. The van der Waals surface area contributed by atoms with E-state index in [0.717, 1.165) is 12.2 Å². The first kappa shape index (κ1) is 8.87. The summed E-state index contributed by atoms with van der Waals surface area (Å²) >= 11 is 0. The van der Waals surface area contributed by atoms with Crippen molar-refractivity contribution in [2.75, 3.05) is 18.2 Å². The van der Waals surface area contributed by atoms with Crippen molar-refractivity contribution in [3.8, 4) is 5.75 Å². The molecule has 0 aliphatic heterocycles. The number of hydrogen-bond donors (Lipinski definition) is 2. The Labute approximate surface area is 71.9 Å². The number of aliphatic hydroxyl groups excluding tert-OH is 1. The monoisotopic (exact) mass is 167 g/mol. The van der Waals surface area contributed by atoms with Gasteiger partial charge in [-0.25, -0.2) is 0 Å². The lowest BCUT2D eigenvalue weighted by Crippen LogP contribution is -2.23. The van der Waals surface area contributed by atoms with E-state index in [9.17, 15) is 0 Å². The second kappa shape index (κ2) is 3.97. The molecule has 0 atom stereocenters. The Morgan fingerprint density at radius 2 is 2.17 bits per heavy atom. The SMILES string of the molecule is CCN(CO)c1cccc(O)c1. The van der Waals surface area contributed by atoms with Crippen LogP contribution in [0.1, 0.15) is 6.92 Å². The Kier molecular flexibility index (Phi) is 2.94. The lowest BCUT2D eigenvalue weighted by molar-refractivity contribution is 0.293. The number of benzene rings is 1. The van der Waals surface area contributed by atoms with Gasteiger partial charge < -0.3 is 15.1 Å². The molecule has 1 aromatic rings. The molecule has 0 unspecified atom stereocenters. The summed E-state index contributed by atoms with van der Waals surface area (Å²) in [7, 11) is 0. The number of anilines is 1. The summed E-state index contributed by atoms with van der Waals surface area (Å²) < 4.78 is 0. The van der Waals surface area contributed by atoms with Crippen LogP contribution in [0.15, 0.2) is 24.3 Å². The minimum absolute atomic E-state index is 0.0278. The molecule has 0 amide bonds. The molecule has 2 N–H and O–H groups in total. The molecule has 0 aromatic heterocycles. The molecule has 0 saturated heterocycles. The molecule has 0 saturated carbocycles. The maximum Gasteiger partial charge on any atom is 0.117 e. The van der Waals surface area contributed by atoms with Gasteiger partial charge in [0.25, 0.3) is 0 Å². The lowest BCUT2D eigenvalue weighted by atomic mass is 10.3. The third kappa shape index (κ3) is 1.89. The van der Waals surface area contributed by atoms with Crippen molar-refractivity contribution in [2.24, 2.45) is 0 Å². The van der Waals surface area contributed by atoms with Gasteiger partial charge in [0.15, 0.2) is 0 Å². The Hall–Kier alpha value is -1.22. The zero-order chi connectivity index (χ0) is 8.97. The third-order valence-electron chi connectivity index (χ3n) is 1.75. The highest BCUT2D eigenvalue weighted by Gasteiger charge is 2.01. The molecule has 0 radical (unpaired) electrons. The molecule has 0 spiro atoms. The minimum atomic E-state index is -0.0278. The predicted octanol–water partition coefficient (Wildman–Crippen LogP) is 1.17. The smallest absolute Gasteiger partial charge is 0.117 e. The average molecular weight is 167 g/mol. The van der Waals surface area contributed by atoms with E-state index in [4.69, 9.17) is 10.2 Å². The normalized spacial score (nSPS) is 9.83. The maximum atomic E-state index is 9.14. The van der Waals surface area contributed by atoms with Crippen LogP contribution in [-0.2, 0) is 0 Å². The Morgan fingerprint density at radius 1 is 1.42 bits per heavy atom. The number of phenolic OH excluding ortho intramolecular Hbond substituents is 1. The summed E-state index contributed by atoms with van der Waals surface area (Å²) in [5, 5.41) is 18.1. The van der Waals surface area contributed by atoms with Crippen molar-refractivity contribution in [3.63, 3.8) is 0 Å². The van der Waals surface area contributed by atoms with E-state index in [1.54, 1.807) is 23.1 Å². The highest BCUT2D eigenvalue weighted by atomic mass is 16.3. The topological polar surface area (TPSA) is 43.7 Å². The quantitative estimate of drug-likeness (QED) is 0.664. The Balaban J connectivity index is 2.85. The van der Waals surface area contributed by atoms with E-state index in [2.05, 4.69) is 0 Å². The van der Waals surface area contributed by atoms with Gasteiger partial charge in [-0.05, 0) is 19.1 Å². The largest absolute Gasteiger partial charge is 0.508 e. The molecule has 1 aromatic carbocycles. The lowest BCUT2D eigenvalue weighted by Gasteiger charge is -2.19. The van der Waals surface area contributed by atoms with Gasteiger partial charge in [0, 0.05) is 18.3 Å². The number of hydrogen-bond acceptors (Lipinski definition) is 3. The van der Waals surface area contributed by atoms with Gasteiger partial charge in [-0.2, -0.15) is 0 Å². The van der Waals surface area contributed by atoms with Gasteiger partial charge in [-0.1, -0.05) is 6.07 Å². The average Bonchev–Trinajstić information content (AvgIpc) is 2.07. The first-order valence-corrected chi connectivity index (χ1v) is 3.92. The van der Waals surface area contributed by atoms with Crippen molar-refractivity contribution in [3.05, 3.63) is 24.3 Å². The summed E-state index contributed by atoms with van der Waals surface area (Å²) in [6.45, 7) is 2.64. The van der Waals surface area contributed by atoms with E-state index < -0.39 is 0 Å². The van der Waals surface area contributed by atoms with E-state index in [0.29, 0.717) is 0 Å². The summed E-state index contributed by atoms with van der Waals surface area (Å²) in [5.74, 6) is 0.222. The van der Waals surface area contributed by atoms with Gasteiger partial charge in [0.1, 0.15) is 12.5 Å². The van der Waals surface area contributed by atoms with Crippen molar-refractivity contribution >= 4 is 5.69 Å². The highest BCUT2D eigenvalue weighted by molar-refractivity contribution is 5.49. The predicted molar refractivity (Wildman–Crippen MR) is 48.2 cm³/mol. The van der Waals surface area contributed by atoms with Gasteiger partial charge >= 0.3 is 0 Å². The number of nitrogens with zero attached hydrogens (tertiary/aromatic N) is 1. The number of phenols is 1. The summed E-state index contributed by atoms with van der Waals surface area (Å²) in [4.78, 5) is 1.75. The van der Waals surface area contributed by atoms with Crippen LogP contribution in [-0.4, -0.2) is 23.5 Å². The van der Waals surface area contributed by atoms with Gasteiger partial charge in [0.05, 0.1) is 0 Å². The molecule has 3 nitrogen and oxygen atoms in total. The molecule has 0 fully saturated rings. The van der Waals surface area contributed by atoms with Gasteiger partial charge in [-0.3, -0.25) is 0 Å². The standard InChI is InChI=1S/C9H13NO2/c1-2-10(7-11)8-4-3-5-9(12)6-8/h3-6,11-12H,2,7H2,1H3. The van der Waals surface area contributed by atoms with Gasteiger partial charge in [-0.15, -0.1) is 0 Å². The molecule has 0 aliphatic rings. The number of aromatic hydroxyl groups is 1. The second-order valence-corrected chi connectivity index (χ2v) is 2.52. The molecule has 12 heavy (non-hydrogen) atoms. The Morgan fingerprint density at radius 3 is 2.67 bits per heavy atom. The summed E-state index contributed by atoms with van der Waals surface area (Å²) in [6, 6.07) is 6.83. The first-order chi connectivity index (χ1) is 5.77. The van der Waals surface area contributed by atoms with Crippen LogP contribution in [0.5, 0.6) is 5.75 Å². The van der Waals surface area contributed by atoms with Crippen molar-refractivity contribution in [1.82, 2.24) is 0 Å². The molecular weight excluding hydrogens is 154 g/mol. The Bertz CT molecular complexity index is 246. The molecule has 66 valence electrons. The van der Waals surface area contributed by atoms with Gasteiger partial charge in [0.2, 0.25) is 0 Å². The highest BCUT2D eigenvalue weighted by Crippen LogP contribution is 2.18. The van der Waals surface area contributed by atoms with Crippen LogP contribution in [0.4, 0.5) is 5.69 Å². The molecule has 3 heteroatoms. The minimum Gasteiger partial charge on any atom is -0.508 e. The fourth-order valence-corrected chi connectivity index (χ4v) is 1.05. The van der Waals surface area contributed by atoms with Crippen LogP contribution in [0.3, 0.4) is 0 Å². The number of rotatable bonds is 3. The van der Waals surface area contributed by atoms with E-state index in [-0.39, 0.29) is 12.5 Å². The zero-order valence-corrected chi connectivity index (χ0v) is 7.07.